The van der Waals surface area contributed by atoms with E-state index in [9.17, 15) is 4.79 Å². The van der Waals surface area contributed by atoms with Gasteiger partial charge in [-0.25, -0.2) is 0 Å². The van der Waals surface area contributed by atoms with Gasteiger partial charge in [-0.3, -0.25) is 4.79 Å². The van der Waals surface area contributed by atoms with Gasteiger partial charge in [-0.15, -0.1) is 0 Å². The van der Waals surface area contributed by atoms with Crippen LogP contribution < -0.4 is 10.6 Å². The van der Waals surface area contributed by atoms with Crippen molar-refractivity contribution in [2.75, 3.05) is 26.2 Å². The third-order valence-corrected chi connectivity index (χ3v) is 4.42. The van der Waals surface area contributed by atoms with Crippen LogP contribution in [-0.2, 0) is 9.53 Å². The van der Waals surface area contributed by atoms with Crippen LogP contribution in [0, 0.1) is 17.8 Å². The molecule has 0 spiro atoms. The first-order chi connectivity index (χ1) is 9.16. The number of carbonyl (C=O) groups is 1. The molecule has 2 aliphatic rings. The number of ether oxygens (including phenoxy) is 1. The molecule has 0 radical (unpaired) electrons. The normalized spacial score (nSPS) is 31.0. The van der Waals surface area contributed by atoms with E-state index in [0.717, 1.165) is 39.1 Å². The molecule has 0 bridgehead atoms. The summed E-state index contributed by atoms with van der Waals surface area (Å²) >= 11 is 0. The molecule has 2 fully saturated rings. The van der Waals surface area contributed by atoms with Gasteiger partial charge in [-0.1, -0.05) is 13.8 Å². The van der Waals surface area contributed by atoms with E-state index >= 15 is 0 Å². The summed E-state index contributed by atoms with van der Waals surface area (Å²) in [5, 5.41) is 6.44. The topological polar surface area (TPSA) is 50.4 Å². The molecule has 4 nitrogen and oxygen atoms in total. The van der Waals surface area contributed by atoms with Gasteiger partial charge >= 0.3 is 0 Å². The van der Waals surface area contributed by atoms with Gasteiger partial charge in [0.15, 0.2) is 0 Å². The fourth-order valence-corrected chi connectivity index (χ4v) is 3.24. The Bertz CT molecular complexity index is 288. The monoisotopic (exact) mass is 268 g/mol. The van der Waals surface area contributed by atoms with Gasteiger partial charge in [0, 0.05) is 25.5 Å². The molecule has 0 aromatic rings. The summed E-state index contributed by atoms with van der Waals surface area (Å²) < 4.78 is 5.74. The Balaban J connectivity index is 1.62. The number of hydrogen-bond acceptors (Lipinski definition) is 3. The fraction of sp³-hybridized carbons (Fsp3) is 0.933. The van der Waals surface area contributed by atoms with Gasteiger partial charge < -0.3 is 15.4 Å². The van der Waals surface area contributed by atoms with Crippen LogP contribution in [0.25, 0.3) is 0 Å². The molecule has 3 atom stereocenters. The Kier molecular flexibility index (Phi) is 5.64. The van der Waals surface area contributed by atoms with Crippen molar-refractivity contribution in [3.8, 4) is 0 Å². The van der Waals surface area contributed by atoms with Crippen LogP contribution in [0.3, 0.4) is 0 Å². The zero-order valence-corrected chi connectivity index (χ0v) is 12.3. The van der Waals surface area contributed by atoms with Crippen LogP contribution in [0.5, 0.6) is 0 Å². The van der Waals surface area contributed by atoms with Crippen LogP contribution in [0.4, 0.5) is 0 Å². The second-order valence-corrected chi connectivity index (χ2v) is 6.33. The average molecular weight is 268 g/mol. The Labute approximate surface area is 116 Å². The third kappa shape index (κ3) is 4.46. The van der Waals surface area contributed by atoms with Crippen molar-refractivity contribution < 1.29 is 9.53 Å². The van der Waals surface area contributed by atoms with E-state index < -0.39 is 0 Å². The lowest BCUT2D eigenvalue weighted by molar-refractivity contribution is -0.121. The van der Waals surface area contributed by atoms with Crippen LogP contribution in [0.2, 0.25) is 0 Å². The van der Waals surface area contributed by atoms with Crippen molar-refractivity contribution in [2.24, 2.45) is 17.8 Å². The highest BCUT2D eigenvalue weighted by Crippen LogP contribution is 2.26. The van der Waals surface area contributed by atoms with E-state index in [-0.39, 0.29) is 5.91 Å². The summed E-state index contributed by atoms with van der Waals surface area (Å²) in [6.07, 6.45) is 4.31. The number of hydrogen-bond donors (Lipinski definition) is 2. The Hall–Kier alpha value is -0.610. The van der Waals surface area contributed by atoms with Crippen molar-refractivity contribution in [3.05, 3.63) is 0 Å². The van der Waals surface area contributed by atoms with Crippen molar-refractivity contribution >= 4 is 5.91 Å². The molecule has 0 aromatic carbocycles. The summed E-state index contributed by atoms with van der Waals surface area (Å²) in [5.74, 6) is 1.94. The Morgan fingerprint density at radius 1 is 1.42 bits per heavy atom. The van der Waals surface area contributed by atoms with E-state index in [1.54, 1.807) is 0 Å². The summed E-state index contributed by atoms with van der Waals surface area (Å²) in [6, 6.07) is 0. The quantitative estimate of drug-likeness (QED) is 0.768. The van der Waals surface area contributed by atoms with E-state index in [2.05, 4.69) is 24.5 Å². The zero-order valence-electron chi connectivity index (χ0n) is 12.3. The van der Waals surface area contributed by atoms with Crippen LogP contribution in [-0.4, -0.2) is 38.3 Å². The lowest BCUT2D eigenvalue weighted by Gasteiger charge is -2.22. The van der Waals surface area contributed by atoms with E-state index in [1.807, 2.05) is 0 Å². The molecular formula is C15H28N2O2. The first kappa shape index (κ1) is 14.8. The molecule has 2 rings (SSSR count). The first-order valence-corrected chi connectivity index (χ1v) is 7.76. The van der Waals surface area contributed by atoms with Gasteiger partial charge in [-0.2, -0.15) is 0 Å². The minimum atomic E-state index is 0.210. The van der Waals surface area contributed by atoms with Gasteiger partial charge in [0.1, 0.15) is 0 Å². The number of amides is 1. The summed E-state index contributed by atoms with van der Waals surface area (Å²) in [4.78, 5) is 11.9. The number of nitrogens with one attached hydrogen (secondary N) is 2. The molecule has 0 aliphatic carbocycles. The second-order valence-electron chi connectivity index (χ2n) is 6.33. The SMILES string of the molecule is CC(C)C1OCCC1CNC(=O)CCC1CCNC1. The highest BCUT2D eigenvalue weighted by Gasteiger charge is 2.30. The second kappa shape index (κ2) is 7.25. The van der Waals surface area contributed by atoms with Gasteiger partial charge in [0.25, 0.3) is 0 Å². The standard InChI is InChI=1S/C15H28N2O2/c1-11(2)15-13(6-8-19-15)10-17-14(18)4-3-12-5-7-16-9-12/h11-13,15-16H,3-10H2,1-2H3,(H,17,18). The van der Waals surface area contributed by atoms with Crippen molar-refractivity contribution in [1.29, 1.82) is 0 Å². The van der Waals surface area contributed by atoms with Crippen LogP contribution >= 0.6 is 0 Å². The number of rotatable bonds is 6. The van der Waals surface area contributed by atoms with E-state index in [4.69, 9.17) is 4.74 Å². The molecule has 2 heterocycles. The largest absolute Gasteiger partial charge is 0.378 e. The van der Waals surface area contributed by atoms with Gasteiger partial charge in [0.2, 0.25) is 5.91 Å². The predicted octanol–water partition coefficient (Wildman–Crippen LogP) is 1.55. The third-order valence-electron chi connectivity index (χ3n) is 4.42. The predicted molar refractivity (Wildman–Crippen MR) is 75.9 cm³/mol. The molecule has 2 N–H and O–H groups in total. The number of carbonyl (C=O) groups excluding carboxylic acids is 1. The van der Waals surface area contributed by atoms with E-state index in [1.165, 1.54) is 6.42 Å². The maximum Gasteiger partial charge on any atom is 0.220 e. The molecule has 2 aliphatic heterocycles. The molecule has 110 valence electrons. The zero-order chi connectivity index (χ0) is 13.7. The fourth-order valence-electron chi connectivity index (χ4n) is 3.24. The van der Waals surface area contributed by atoms with Crippen LogP contribution in [0.15, 0.2) is 0 Å². The lowest BCUT2D eigenvalue weighted by atomic mass is 9.93. The summed E-state index contributed by atoms with van der Waals surface area (Å²) in [6.45, 7) is 8.21. The highest BCUT2D eigenvalue weighted by molar-refractivity contribution is 5.75. The minimum Gasteiger partial charge on any atom is -0.378 e. The highest BCUT2D eigenvalue weighted by atomic mass is 16.5. The van der Waals surface area contributed by atoms with Gasteiger partial charge in [-0.05, 0) is 44.2 Å². The summed E-state index contributed by atoms with van der Waals surface area (Å²) in [7, 11) is 0. The first-order valence-electron chi connectivity index (χ1n) is 7.76. The Morgan fingerprint density at radius 2 is 2.26 bits per heavy atom. The maximum absolute atomic E-state index is 11.9. The van der Waals surface area contributed by atoms with E-state index in [0.29, 0.717) is 30.3 Å². The van der Waals surface area contributed by atoms with Crippen LogP contribution in [0.1, 0.15) is 39.5 Å². The lowest BCUT2D eigenvalue weighted by Crippen LogP contribution is -2.35. The van der Waals surface area contributed by atoms with Crippen molar-refractivity contribution in [1.82, 2.24) is 10.6 Å². The smallest absolute Gasteiger partial charge is 0.220 e. The maximum atomic E-state index is 11.9. The minimum absolute atomic E-state index is 0.210. The molecule has 0 saturated carbocycles. The molecule has 0 aromatic heterocycles. The molecule has 1 amide bonds. The molecule has 2 saturated heterocycles. The average Bonchev–Trinajstić information content (AvgIpc) is 3.04. The van der Waals surface area contributed by atoms with Crippen molar-refractivity contribution in [3.63, 3.8) is 0 Å². The molecule has 3 unspecified atom stereocenters. The molecule has 4 heteroatoms. The van der Waals surface area contributed by atoms with Crippen molar-refractivity contribution in [2.45, 2.75) is 45.6 Å². The molecule has 19 heavy (non-hydrogen) atoms. The Morgan fingerprint density at radius 3 is 2.95 bits per heavy atom. The molecular weight excluding hydrogens is 240 g/mol. The van der Waals surface area contributed by atoms with Gasteiger partial charge in [0.05, 0.1) is 6.10 Å². The summed E-state index contributed by atoms with van der Waals surface area (Å²) in [5.41, 5.74) is 0.